The van der Waals surface area contributed by atoms with Crippen LogP contribution in [0.5, 0.6) is 0 Å². The number of aromatic amines is 1. The highest BCUT2D eigenvalue weighted by Crippen LogP contribution is 2.05. The van der Waals surface area contributed by atoms with Crippen molar-refractivity contribution in [3.05, 3.63) is 85.5 Å². The second-order valence-corrected chi connectivity index (χ2v) is 7.58. The van der Waals surface area contributed by atoms with Crippen LogP contribution in [-0.4, -0.2) is 29.1 Å². The first-order chi connectivity index (χ1) is 14.6. The smallest absolute Gasteiger partial charge is 0.279 e. The predicted octanol–water partition coefficient (Wildman–Crippen LogP) is 1.91. The zero-order valence-electron chi connectivity index (χ0n) is 17.7. The Morgan fingerprint density at radius 1 is 0.935 bits per heavy atom. The van der Waals surface area contributed by atoms with Crippen molar-refractivity contribution >= 4 is 27.3 Å². The minimum atomic E-state index is -0.237. The number of anilines is 2. The van der Waals surface area contributed by atoms with E-state index in [9.17, 15) is 9.59 Å². The van der Waals surface area contributed by atoms with Gasteiger partial charge >= 0.3 is 0 Å². The summed E-state index contributed by atoms with van der Waals surface area (Å²) < 4.78 is 5.71. The third kappa shape index (κ3) is 7.00. The van der Waals surface area contributed by atoms with Gasteiger partial charge in [0.15, 0.2) is 5.82 Å². The SMILES string of the molecule is Cc1c[nH]c(=O)c(N)c1.Cc1cc(N)c(=O)n(-c2ccn(C)n2)c1.Cn1ccc(Br)n1. The number of H-pyrrole nitrogens is 1. The van der Waals surface area contributed by atoms with Crippen molar-refractivity contribution in [1.82, 2.24) is 29.1 Å². The van der Waals surface area contributed by atoms with Crippen molar-refractivity contribution in [2.24, 2.45) is 14.1 Å². The Bertz CT molecular complexity index is 1250. The quantitative estimate of drug-likeness (QED) is 0.373. The van der Waals surface area contributed by atoms with Crippen LogP contribution in [0.15, 0.2) is 63.2 Å². The molecule has 0 unspecified atom stereocenters. The molecule has 0 fully saturated rings. The molecule has 0 spiro atoms. The van der Waals surface area contributed by atoms with Crippen molar-refractivity contribution in [3.63, 3.8) is 0 Å². The number of aryl methyl sites for hydroxylation is 4. The maximum absolute atomic E-state index is 11.7. The van der Waals surface area contributed by atoms with Gasteiger partial charge in [-0.1, -0.05) is 0 Å². The van der Waals surface area contributed by atoms with Gasteiger partial charge < -0.3 is 16.5 Å². The van der Waals surface area contributed by atoms with Gasteiger partial charge in [0.2, 0.25) is 0 Å². The summed E-state index contributed by atoms with van der Waals surface area (Å²) in [5.74, 6) is 0.581. The third-order valence-electron chi connectivity index (χ3n) is 3.89. The fourth-order valence-corrected chi connectivity index (χ4v) is 2.82. The Morgan fingerprint density at radius 2 is 1.55 bits per heavy atom. The standard InChI is InChI=1S/C10H12N4O.C6H8N2O.C4H5BrN2/c1-7-5-8(11)10(15)14(6-7)9-3-4-13(2)12-9;1-4-2-5(7)6(9)8-3-4;1-7-3-2-4(5)6-7/h3-6H,11H2,1-2H3;2-3H,7H2,1H3,(H,8,9);2-3H,1H3. The van der Waals surface area contributed by atoms with Crippen molar-refractivity contribution in [3.8, 4) is 5.82 Å². The molecule has 0 saturated heterocycles. The molecule has 0 aromatic carbocycles. The zero-order valence-corrected chi connectivity index (χ0v) is 19.3. The van der Waals surface area contributed by atoms with Crippen LogP contribution in [0.2, 0.25) is 0 Å². The average Bonchev–Trinajstić information content (AvgIpc) is 3.30. The number of pyridine rings is 2. The molecule has 4 aromatic heterocycles. The van der Waals surface area contributed by atoms with Crippen LogP contribution in [0.4, 0.5) is 11.4 Å². The first kappa shape index (κ1) is 23.7. The molecule has 4 heterocycles. The van der Waals surface area contributed by atoms with E-state index in [1.54, 1.807) is 53.2 Å². The molecule has 164 valence electrons. The highest BCUT2D eigenvalue weighted by molar-refractivity contribution is 9.10. The lowest BCUT2D eigenvalue weighted by Gasteiger charge is -2.04. The largest absolute Gasteiger partial charge is 0.394 e. The summed E-state index contributed by atoms with van der Waals surface area (Å²) in [5, 5.41) is 8.09. The second-order valence-electron chi connectivity index (χ2n) is 6.77. The van der Waals surface area contributed by atoms with Gasteiger partial charge in [-0.05, 0) is 59.1 Å². The molecule has 4 rings (SSSR count). The van der Waals surface area contributed by atoms with Crippen LogP contribution in [0, 0.1) is 13.8 Å². The fraction of sp³-hybridized carbons (Fsp3) is 0.200. The van der Waals surface area contributed by atoms with Gasteiger partial charge in [-0.25, -0.2) is 0 Å². The van der Waals surface area contributed by atoms with Crippen molar-refractivity contribution in [2.75, 3.05) is 11.5 Å². The Kier molecular flexibility index (Phi) is 7.97. The minimum absolute atomic E-state index is 0.222. The van der Waals surface area contributed by atoms with Crippen LogP contribution in [-0.2, 0) is 14.1 Å². The summed E-state index contributed by atoms with van der Waals surface area (Å²) in [6.45, 7) is 3.75. The number of halogens is 1. The zero-order chi connectivity index (χ0) is 23.1. The average molecular weight is 489 g/mol. The maximum atomic E-state index is 11.7. The summed E-state index contributed by atoms with van der Waals surface area (Å²) >= 11 is 3.20. The molecule has 0 aliphatic carbocycles. The molecule has 0 radical (unpaired) electrons. The minimum Gasteiger partial charge on any atom is -0.394 e. The maximum Gasteiger partial charge on any atom is 0.279 e. The summed E-state index contributed by atoms with van der Waals surface area (Å²) in [6.07, 6.45) is 7.00. The summed E-state index contributed by atoms with van der Waals surface area (Å²) in [5.41, 5.74) is 12.8. The van der Waals surface area contributed by atoms with Crippen molar-refractivity contribution < 1.29 is 0 Å². The van der Waals surface area contributed by atoms with E-state index in [1.807, 2.05) is 33.2 Å². The van der Waals surface area contributed by atoms with Gasteiger partial charge in [-0.3, -0.25) is 23.5 Å². The number of hydrogen-bond donors (Lipinski definition) is 3. The van der Waals surface area contributed by atoms with Crippen LogP contribution in [0.1, 0.15) is 11.1 Å². The number of nitrogens with zero attached hydrogens (tertiary/aromatic N) is 5. The van der Waals surface area contributed by atoms with Crippen LogP contribution >= 0.6 is 15.9 Å². The van der Waals surface area contributed by atoms with Crippen LogP contribution in [0.25, 0.3) is 5.82 Å². The highest BCUT2D eigenvalue weighted by Gasteiger charge is 2.05. The van der Waals surface area contributed by atoms with Gasteiger partial charge in [-0.15, -0.1) is 0 Å². The van der Waals surface area contributed by atoms with E-state index in [4.69, 9.17) is 11.5 Å². The lowest BCUT2D eigenvalue weighted by atomic mass is 10.3. The Morgan fingerprint density at radius 3 is 2.00 bits per heavy atom. The lowest BCUT2D eigenvalue weighted by molar-refractivity contribution is 0.746. The number of aromatic nitrogens is 6. The molecule has 0 atom stereocenters. The van der Waals surface area contributed by atoms with Crippen LogP contribution in [0.3, 0.4) is 0 Å². The molecule has 11 heteroatoms. The molecular weight excluding hydrogens is 464 g/mol. The van der Waals surface area contributed by atoms with E-state index >= 15 is 0 Å². The van der Waals surface area contributed by atoms with Crippen molar-refractivity contribution in [1.29, 1.82) is 0 Å². The fourth-order valence-electron chi connectivity index (χ4n) is 2.45. The number of nitrogen functional groups attached to an aromatic ring is 2. The molecule has 0 aliphatic rings. The van der Waals surface area contributed by atoms with E-state index < -0.39 is 0 Å². The van der Waals surface area contributed by atoms with Gasteiger partial charge in [0.25, 0.3) is 11.1 Å². The Hall–Kier alpha value is -3.60. The summed E-state index contributed by atoms with van der Waals surface area (Å²) in [7, 11) is 3.68. The summed E-state index contributed by atoms with van der Waals surface area (Å²) in [6, 6.07) is 6.95. The number of nitrogens with one attached hydrogen (secondary N) is 1. The van der Waals surface area contributed by atoms with E-state index in [1.165, 1.54) is 4.57 Å². The molecule has 4 aromatic rings. The number of rotatable bonds is 1. The summed E-state index contributed by atoms with van der Waals surface area (Å²) in [4.78, 5) is 24.8. The van der Waals surface area contributed by atoms with Crippen molar-refractivity contribution in [2.45, 2.75) is 13.8 Å². The molecule has 0 aliphatic heterocycles. The molecule has 0 amide bonds. The normalized spacial score (nSPS) is 9.97. The van der Waals surface area contributed by atoms with Gasteiger partial charge in [0.1, 0.15) is 4.60 Å². The van der Waals surface area contributed by atoms with Crippen LogP contribution < -0.4 is 22.6 Å². The topological polar surface area (TPSA) is 143 Å². The highest BCUT2D eigenvalue weighted by atomic mass is 79.9. The van der Waals surface area contributed by atoms with E-state index in [0.29, 0.717) is 5.82 Å². The first-order valence-electron chi connectivity index (χ1n) is 9.15. The van der Waals surface area contributed by atoms with E-state index in [0.717, 1.165) is 15.7 Å². The monoisotopic (exact) mass is 488 g/mol. The molecule has 0 saturated carbocycles. The number of nitrogens with two attached hydrogens (primary N) is 2. The second kappa shape index (κ2) is 10.4. The first-order valence-corrected chi connectivity index (χ1v) is 9.95. The molecular formula is C20H25BrN8O2. The Labute approximate surface area is 187 Å². The van der Waals surface area contributed by atoms with E-state index in [-0.39, 0.29) is 22.5 Å². The van der Waals surface area contributed by atoms with Gasteiger partial charge in [-0.2, -0.15) is 10.2 Å². The molecule has 31 heavy (non-hydrogen) atoms. The Balaban J connectivity index is 0.000000181. The van der Waals surface area contributed by atoms with E-state index in [2.05, 4.69) is 31.1 Å². The number of hydrogen-bond acceptors (Lipinski definition) is 6. The molecule has 0 bridgehead atoms. The predicted molar refractivity (Wildman–Crippen MR) is 125 cm³/mol. The molecule has 10 nitrogen and oxygen atoms in total. The lowest BCUT2D eigenvalue weighted by Crippen LogP contribution is -2.21. The van der Waals surface area contributed by atoms with Gasteiger partial charge in [0, 0.05) is 44.9 Å². The molecule has 5 N–H and O–H groups in total. The third-order valence-corrected chi connectivity index (χ3v) is 4.31. The van der Waals surface area contributed by atoms with Gasteiger partial charge in [0.05, 0.1) is 11.4 Å².